The van der Waals surface area contributed by atoms with Gasteiger partial charge in [-0.3, -0.25) is 4.79 Å². The van der Waals surface area contributed by atoms with Crippen LogP contribution in [-0.2, 0) is 24.3 Å². The number of sulfonamides is 1. The molecule has 1 atom stereocenters. The van der Waals surface area contributed by atoms with E-state index in [2.05, 4.69) is 5.32 Å². The van der Waals surface area contributed by atoms with Crippen LogP contribution in [0.15, 0.2) is 59.0 Å². The fourth-order valence-corrected chi connectivity index (χ4v) is 3.01. The minimum Gasteiger partial charge on any atom is -0.488 e. The van der Waals surface area contributed by atoms with E-state index in [-0.39, 0.29) is 11.5 Å². The molecule has 3 N–H and O–H groups in total. The van der Waals surface area contributed by atoms with Gasteiger partial charge in [0.05, 0.1) is 10.5 Å². The van der Waals surface area contributed by atoms with Crippen molar-refractivity contribution in [3.05, 3.63) is 59.7 Å². The van der Waals surface area contributed by atoms with E-state index < -0.39 is 28.0 Å². The molecule has 8 nitrogen and oxygen atoms in total. The summed E-state index contributed by atoms with van der Waals surface area (Å²) in [4.78, 5) is 24.5. The molecule has 1 aliphatic rings. The van der Waals surface area contributed by atoms with Crippen LogP contribution in [0, 0.1) is 0 Å². The van der Waals surface area contributed by atoms with Crippen molar-refractivity contribution in [3.63, 3.8) is 0 Å². The number of hydrogen-bond acceptors (Lipinski definition) is 6. The number of nitrogens with one attached hydrogen (secondary N) is 1. The summed E-state index contributed by atoms with van der Waals surface area (Å²) < 4.78 is 33.2. The molecule has 3 rings (SSSR count). The summed E-state index contributed by atoms with van der Waals surface area (Å²) in [7, 11) is -3.81. The number of para-hydroxylation sites is 1. The maximum Gasteiger partial charge on any atom is 0.338 e. The van der Waals surface area contributed by atoms with Crippen LogP contribution in [0.1, 0.15) is 12.5 Å². The van der Waals surface area contributed by atoms with E-state index in [0.717, 1.165) is 5.56 Å². The third kappa shape index (κ3) is 4.56. The number of fused-ring (bicyclic) bond motifs is 1. The van der Waals surface area contributed by atoms with E-state index >= 15 is 0 Å². The Morgan fingerprint density at radius 3 is 2.50 bits per heavy atom. The molecule has 0 fully saturated rings. The van der Waals surface area contributed by atoms with Crippen molar-refractivity contribution in [1.82, 2.24) is 0 Å². The molecule has 0 saturated heterocycles. The SMILES string of the molecule is C[C@@H](OC(=O)C1=Cc2ccccc2OC1)C(=O)Nc1ccc(S(N)(=O)=O)cc1. The number of esters is 1. The predicted molar refractivity (Wildman–Crippen MR) is 102 cm³/mol. The second kappa shape index (κ2) is 7.83. The Labute approximate surface area is 162 Å². The molecule has 1 heterocycles. The van der Waals surface area contributed by atoms with Gasteiger partial charge in [0.15, 0.2) is 6.10 Å². The third-order valence-corrected chi connectivity index (χ3v) is 4.93. The molecule has 0 radical (unpaired) electrons. The Hall–Kier alpha value is -3.17. The first-order valence-electron chi connectivity index (χ1n) is 8.31. The minimum atomic E-state index is -3.81. The van der Waals surface area contributed by atoms with Gasteiger partial charge in [-0.1, -0.05) is 18.2 Å². The molecule has 9 heteroatoms. The van der Waals surface area contributed by atoms with Crippen LogP contribution in [0.3, 0.4) is 0 Å². The van der Waals surface area contributed by atoms with Gasteiger partial charge in [0.2, 0.25) is 10.0 Å². The molecule has 1 amide bonds. The summed E-state index contributed by atoms with van der Waals surface area (Å²) in [6, 6.07) is 12.6. The number of benzene rings is 2. The molecule has 0 spiro atoms. The second-order valence-corrected chi connectivity index (χ2v) is 7.66. The zero-order valence-electron chi connectivity index (χ0n) is 14.9. The van der Waals surface area contributed by atoms with E-state index in [4.69, 9.17) is 14.6 Å². The number of nitrogens with two attached hydrogens (primary N) is 1. The van der Waals surface area contributed by atoms with Gasteiger partial charge < -0.3 is 14.8 Å². The number of amides is 1. The maximum atomic E-state index is 12.3. The van der Waals surface area contributed by atoms with Crippen molar-refractivity contribution in [2.24, 2.45) is 5.14 Å². The van der Waals surface area contributed by atoms with E-state index in [1.54, 1.807) is 12.1 Å². The van der Waals surface area contributed by atoms with E-state index in [1.165, 1.54) is 31.2 Å². The summed E-state index contributed by atoms with van der Waals surface area (Å²) >= 11 is 0. The number of anilines is 1. The van der Waals surface area contributed by atoms with Crippen LogP contribution in [0.2, 0.25) is 0 Å². The van der Waals surface area contributed by atoms with Gasteiger partial charge in [0, 0.05) is 11.3 Å². The van der Waals surface area contributed by atoms with E-state index in [0.29, 0.717) is 17.0 Å². The average Bonchev–Trinajstić information content (AvgIpc) is 2.67. The van der Waals surface area contributed by atoms with Crippen molar-refractivity contribution >= 4 is 33.7 Å². The van der Waals surface area contributed by atoms with Gasteiger partial charge in [-0.05, 0) is 43.3 Å². The number of ether oxygens (including phenoxy) is 2. The standard InChI is InChI=1S/C19H18N2O6S/c1-12(18(22)21-15-6-8-16(9-7-15)28(20,24)25)27-19(23)14-10-13-4-2-3-5-17(13)26-11-14/h2-10,12H,11H2,1H3,(H,21,22)(H2,20,24,25)/t12-/m1/s1. The Morgan fingerprint density at radius 2 is 1.82 bits per heavy atom. The highest BCUT2D eigenvalue weighted by molar-refractivity contribution is 7.89. The third-order valence-electron chi connectivity index (χ3n) is 4.00. The molecule has 0 aliphatic carbocycles. The van der Waals surface area contributed by atoms with Crippen molar-refractivity contribution in [2.45, 2.75) is 17.9 Å². The van der Waals surface area contributed by atoms with E-state index in [9.17, 15) is 18.0 Å². The average molecular weight is 402 g/mol. The maximum absolute atomic E-state index is 12.3. The van der Waals surface area contributed by atoms with Crippen LogP contribution in [0.25, 0.3) is 6.08 Å². The lowest BCUT2D eigenvalue weighted by Gasteiger charge is -2.19. The van der Waals surface area contributed by atoms with Crippen LogP contribution in [0.4, 0.5) is 5.69 Å². The first kappa shape index (κ1) is 19.6. The lowest BCUT2D eigenvalue weighted by Crippen LogP contribution is -2.31. The summed E-state index contributed by atoms with van der Waals surface area (Å²) in [5.41, 5.74) is 1.40. The number of carbonyl (C=O) groups is 2. The zero-order chi connectivity index (χ0) is 20.3. The van der Waals surface area contributed by atoms with Gasteiger partial charge in [-0.15, -0.1) is 0 Å². The number of primary sulfonamides is 1. The van der Waals surface area contributed by atoms with Gasteiger partial charge >= 0.3 is 5.97 Å². The highest BCUT2D eigenvalue weighted by atomic mass is 32.2. The Morgan fingerprint density at radius 1 is 1.14 bits per heavy atom. The van der Waals surface area contributed by atoms with Crippen LogP contribution < -0.4 is 15.2 Å². The highest BCUT2D eigenvalue weighted by Gasteiger charge is 2.23. The highest BCUT2D eigenvalue weighted by Crippen LogP contribution is 2.26. The van der Waals surface area contributed by atoms with Crippen LogP contribution in [0.5, 0.6) is 5.75 Å². The Kier molecular flexibility index (Phi) is 5.48. The molecule has 2 aromatic carbocycles. The van der Waals surface area contributed by atoms with Gasteiger partial charge in [0.1, 0.15) is 12.4 Å². The number of rotatable bonds is 5. The summed E-state index contributed by atoms with van der Waals surface area (Å²) in [5, 5.41) is 7.57. The van der Waals surface area contributed by atoms with E-state index in [1.807, 2.05) is 18.2 Å². The quantitative estimate of drug-likeness (QED) is 0.733. The molecule has 1 aliphatic heterocycles. The normalized spacial score (nSPS) is 14.1. The fraction of sp³-hybridized carbons (Fsp3) is 0.158. The first-order valence-corrected chi connectivity index (χ1v) is 9.86. The molecule has 28 heavy (non-hydrogen) atoms. The van der Waals surface area contributed by atoms with Crippen molar-refractivity contribution in [2.75, 3.05) is 11.9 Å². The monoisotopic (exact) mass is 402 g/mol. The molecular formula is C19H18N2O6S. The lowest BCUT2D eigenvalue weighted by atomic mass is 10.1. The fourth-order valence-electron chi connectivity index (χ4n) is 2.50. The van der Waals surface area contributed by atoms with Crippen molar-refractivity contribution < 1.29 is 27.5 Å². The van der Waals surface area contributed by atoms with Crippen molar-refractivity contribution in [1.29, 1.82) is 0 Å². The minimum absolute atomic E-state index is 0.0548. The van der Waals surface area contributed by atoms with Gasteiger partial charge in [0.25, 0.3) is 5.91 Å². The lowest BCUT2D eigenvalue weighted by molar-refractivity contribution is -0.149. The van der Waals surface area contributed by atoms with Crippen molar-refractivity contribution in [3.8, 4) is 5.75 Å². The molecule has 146 valence electrons. The summed E-state index contributed by atoms with van der Waals surface area (Å²) in [6.45, 7) is 1.49. The first-order chi connectivity index (χ1) is 13.2. The molecule has 0 aromatic heterocycles. The summed E-state index contributed by atoms with van der Waals surface area (Å²) in [5.74, 6) is -0.538. The molecule has 0 unspecified atom stereocenters. The van der Waals surface area contributed by atoms with Crippen LogP contribution in [-0.4, -0.2) is 33.0 Å². The zero-order valence-corrected chi connectivity index (χ0v) is 15.7. The number of carbonyl (C=O) groups excluding carboxylic acids is 2. The Balaban J connectivity index is 1.61. The molecule has 0 saturated carbocycles. The summed E-state index contributed by atoms with van der Waals surface area (Å²) in [6.07, 6.45) is 0.598. The smallest absolute Gasteiger partial charge is 0.338 e. The second-order valence-electron chi connectivity index (χ2n) is 6.10. The topological polar surface area (TPSA) is 125 Å². The van der Waals surface area contributed by atoms with Gasteiger partial charge in [-0.2, -0.15) is 0 Å². The number of hydrogen-bond donors (Lipinski definition) is 2. The molecule has 2 aromatic rings. The van der Waals surface area contributed by atoms with Gasteiger partial charge in [-0.25, -0.2) is 18.4 Å². The predicted octanol–water partition coefficient (Wildman–Crippen LogP) is 1.68. The molecule has 0 bridgehead atoms. The molecular weight excluding hydrogens is 384 g/mol. The Bertz CT molecular complexity index is 1040. The largest absolute Gasteiger partial charge is 0.488 e. The van der Waals surface area contributed by atoms with Crippen LogP contribution >= 0.6 is 0 Å².